The fraction of sp³-hybridized carbons (Fsp3) is 0.750. The van der Waals surface area contributed by atoms with Crippen molar-refractivity contribution in [3.63, 3.8) is 0 Å². The van der Waals surface area contributed by atoms with E-state index in [9.17, 15) is 4.79 Å². The average Bonchev–Trinajstić information content (AvgIpc) is 2.09. The minimum Gasteiger partial charge on any atom is -0.319 e. The molecule has 0 aromatic heterocycles. The summed E-state index contributed by atoms with van der Waals surface area (Å²) in [6.45, 7) is 9.44. The van der Waals surface area contributed by atoms with Crippen LogP contribution in [0.1, 0.15) is 40.5 Å². The maximum absolute atomic E-state index is 11.7. The van der Waals surface area contributed by atoms with E-state index in [1.165, 1.54) is 5.57 Å². The lowest BCUT2D eigenvalue weighted by molar-refractivity contribution is -0.130. The Kier molecular flexibility index (Phi) is 3.73. The summed E-state index contributed by atoms with van der Waals surface area (Å²) in [5, 5.41) is 0. The first-order valence-corrected chi connectivity index (χ1v) is 5.54. The second-order valence-electron chi connectivity index (χ2n) is 4.60. The van der Waals surface area contributed by atoms with E-state index in [1.807, 2.05) is 4.90 Å². The maximum atomic E-state index is 11.7. The number of carbonyl (C=O) groups excluding carboxylic acids is 1. The molecule has 0 radical (unpaired) electrons. The van der Waals surface area contributed by atoms with Crippen LogP contribution in [0, 0.1) is 11.8 Å². The molecule has 1 unspecified atom stereocenters. The molecule has 1 heterocycles. The standard InChI is InChI=1S/C12H21NO/c1-5-11-8-13(7-9(2)3)12(14)6-10(11)4/h8-10H,5-7H2,1-4H3. The molecule has 0 spiro atoms. The average molecular weight is 195 g/mol. The van der Waals surface area contributed by atoms with E-state index in [1.54, 1.807) is 0 Å². The first kappa shape index (κ1) is 11.3. The zero-order chi connectivity index (χ0) is 10.7. The van der Waals surface area contributed by atoms with Crippen LogP contribution >= 0.6 is 0 Å². The minimum atomic E-state index is 0.281. The fourth-order valence-electron chi connectivity index (χ4n) is 1.90. The van der Waals surface area contributed by atoms with Crippen molar-refractivity contribution in [2.75, 3.05) is 6.54 Å². The van der Waals surface area contributed by atoms with E-state index in [2.05, 4.69) is 33.9 Å². The lowest BCUT2D eigenvalue weighted by atomic mass is 9.92. The van der Waals surface area contributed by atoms with E-state index >= 15 is 0 Å². The molecule has 0 aromatic carbocycles. The molecular formula is C12H21NO. The molecule has 0 saturated carbocycles. The summed E-state index contributed by atoms with van der Waals surface area (Å²) in [6, 6.07) is 0. The van der Waals surface area contributed by atoms with Gasteiger partial charge in [-0.15, -0.1) is 0 Å². The summed E-state index contributed by atoms with van der Waals surface area (Å²) < 4.78 is 0. The molecule has 2 heteroatoms. The van der Waals surface area contributed by atoms with E-state index in [-0.39, 0.29) is 5.91 Å². The molecule has 0 aromatic rings. The van der Waals surface area contributed by atoms with E-state index in [4.69, 9.17) is 0 Å². The van der Waals surface area contributed by atoms with Gasteiger partial charge in [-0.05, 0) is 18.3 Å². The number of rotatable bonds is 3. The molecule has 2 nitrogen and oxygen atoms in total. The SMILES string of the molecule is CCC1=CN(CC(C)C)C(=O)CC1C. The minimum absolute atomic E-state index is 0.281. The van der Waals surface area contributed by atoms with Crippen LogP contribution in [0.15, 0.2) is 11.8 Å². The van der Waals surface area contributed by atoms with Crippen molar-refractivity contribution >= 4 is 5.91 Å². The maximum Gasteiger partial charge on any atom is 0.227 e. The van der Waals surface area contributed by atoms with Crippen molar-refractivity contribution in [2.45, 2.75) is 40.5 Å². The monoisotopic (exact) mass is 195 g/mol. The van der Waals surface area contributed by atoms with Crippen LogP contribution in [-0.4, -0.2) is 17.4 Å². The molecular weight excluding hydrogens is 174 g/mol. The molecule has 1 rings (SSSR count). The van der Waals surface area contributed by atoms with Gasteiger partial charge in [0.25, 0.3) is 0 Å². The Morgan fingerprint density at radius 3 is 2.71 bits per heavy atom. The van der Waals surface area contributed by atoms with Gasteiger partial charge in [0, 0.05) is 19.2 Å². The van der Waals surface area contributed by atoms with Crippen molar-refractivity contribution in [3.8, 4) is 0 Å². The smallest absolute Gasteiger partial charge is 0.227 e. The van der Waals surface area contributed by atoms with Crippen molar-refractivity contribution in [3.05, 3.63) is 11.8 Å². The summed E-state index contributed by atoms with van der Waals surface area (Å²) in [7, 11) is 0. The second kappa shape index (κ2) is 4.63. The zero-order valence-corrected chi connectivity index (χ0v) is 9.71. The molecule has 1 atom stereocenters. The highest BCUT2D eigenvalue weighted by atomic mass is 16.2. The topological polar surface area (TPSA) is 20.3 Å². The lowest BCUT2D eigenvalue weighted by Crippen LogP contribution is -2.34. The van der Waals surface area contributed by atoms with Gasteiger partial charge in [0.2, 0.25) is 5.91 Å². The van der Waals surface area contributed by atoms with Gasteiger partial charge in [0.15, 0.2) is 0 Å². The predicted molar refractivity (Wildman–Crippen MR) is 58.7 cm³/mol. The number of hydrogen-bond acceptors (Lipinski definition) is 1. The Morgan fingerprint density at radius 1 is 1.57 bits per heavy atom. The third-order valence-corrected chi connectivity index (χ3v) is 2.73. The molecule has 1 amide bonds. The van der Waals surface area contributed by atoms with E-state index < -0.39 is 0 Å². The molecule has 0 aliphatic carbocycles. The summed E-state index contributed by atoms with van der Waals surface area (Å²) in [4.78, 5) is 13.6. The van der Waals surface area contributed by atoms with Crippen molar-refractivity contribution in [2.24, 2.45) is 11.8 Å². The lowest BCUT2D eigenvalue weighted by Gasteiger charge is -2.29. The number of hydrogen-bond donors (Lipinski definition) is 0. The van der Waals surface area contributed by atoms with Gasteiger partial charge in [-0.25, -0.2) is 0 Å². The van der Waals surface area contributed by atoms with Crippen LogP contribution in [0.3, 0.4) is 0 Å². The molecule has 14 heavy (non-hydrogen) atoms. The highest BCUT2D eigenvalue weighted by Crippen LogP contribution is 2.25. The van der Waals surface area contributed by atoms with Crippen LogP contribution in [0.2, 0.25) is 0 Å². The van der Waals surface area contributed by atoms with Crippen LogP contribution < -0.4 is 0 Å². The summed E-state index contributed by atoms with van der Waals surface area (Å²) >= 11 is 0. The Balaban J connectivity index is 2.74. The fourth-order valence-corrected chi connectivity index (χ4v) is 1.90. The highest BCUT2D eigenvalue weighted by molar-refractivity contribution is 5.79. The molecule has 0 saturated heterocycles. The Labute approximate surface area is 87.0 Å². The van der Waals surface area contributed by atoms with Gasteiger partial charge in [-0.2, -0.15) is 0 Å². The van der Waals surface area contributed by atoms with Gasteiger partial charge >= 0.3 is 0 Å². The van der Waals surface area contributed by atoms with Crippen LogP contribution in [-0.2, 0) is 4.79 Å². The Morgan fingerprint density at radius 2 is 2.21 bits per heavy atom. The number of allylic oxidation sites excluding steroid dienone is 1. The molecule has 0 bridgehead atoms. The van der Waals surface area contributed by atoms with Crippen LogP contribution in [0.5, 0.6) is 0 Å². The second-order valence-corrected chi connectivity index (χ2v) is 4.60. The van der Waals surface area contributed by atoms with Crippen molar-refractivity contribution in [1.29, 1.82) is 0 Å². The molecule has 1 aliphatic rings. The number of amides is 1. The van der Waals surface area contributed by atoms with Gasteiger partial charge in [0.1, 0.15) is 0 Å². The number of nitrogens with zero attached hydrogens (tertiary/aromatic N) is 1. The Hall–Kier alpha value is -0.790. The third kappa shape index (κ3) is 2.60. The van der Waals surface area contributed by atoms with Crippen LogP contribution in [0.4, 0.5) is 0 Å². The summed E-state index contributed by atoms with van der Waals surface area (Å²) in [6.07, 6.45) is 3.81. The van der Waals surface area contributed by atoms with Crippen LogP contribution in [0.25, 0.3) is 0 Å². The molecule has 0 N–H and O–H groups in total. The highest BCUT2D eigenvalue weighted by Gasteiger charge is 2.23. The van der Waals surface area contributed by atoms with Crippen molar-refractivity contribution < 1.29 is 4.79 Å². The van der Waals surface area contributed by atoms with Gasteiger partial charge < -0.3 is 4.90 Å². The summed E-state index contributed by atoms with van der Waals surface area (Å²) in [5.41, 5.74) is 1.41. The normalized spacial score (nSPS) is 22.9. The first-order chi connectivity index (χ1) is 6.54. The van der Waals surface area contributed by atoms with E-state index in [0.29, 0.717) is 18.3 Å². The molecule has 80 valence electrons. The third-order valence-electron chi connectivity index (χ3n) is 2.73. The summed E-state index contributed by atoms with van der Waals surface area (Å²) in [5.74, 6) is 1.26. The molecule has 1 aliphatic heterocycles. The first-order valence-electron chi connectivity index (χ1n) is 5.54. The van der Waals surface area contributed by atoms with Gasteiger partial charge in [0.05, 0.1) is 0 Å². The van der Waals surface area contributed by atoms with Crippen molar-refractivity contribution in [1.82, 2.24) is 4.90 Å². The predicted octanol–water partition coefficient (Wildman–Crippen LogP) is 2.80. The van der Waals surface area contributed by atoms with E-state index in [0.717, 1.165) is 13.0 Å². The largest absolute Gasteiger partial charge is 0.319 e. The van der Waals surface area contributed by atoms with Gasteiger partial charge in [-0.3, -0.25) is 4.79 Å². The Bertz CT molecular complexity index is 243. The quantitative estimate of drug-likeness (QED) is 0.678. The zero-order valence-electron chi connectivity index (χ0n) is 9.71. The number of carbonyl (C=O) groups is 1. The van der Waals surface area contributed by atoms with Gasteiger partial charge in [-0.1, -0.05) is 33.3 Å². The molecule has 0 fully saturated rings.